The first-order valence-electron chi connectivity index (χ1n) is 15.6. The molecule has 2 amide bonds. The van der Waals surface area contributed by atoms with Crippen LogP contribution < -0.4 is 16.4 Å². The number of aliphatic hydroxyl groups is 2. The van der Waals surface area contributed by atoms with Crippen LogP contribution in [0.4, 0.5) is 5.82 Å². The van der Waals surface area contributed by atoms with Gasteiger partial charge in [-0.05, 0) is 6.42 Å². The second-order valence-corrected chi connectivity index (χ2v) is 17.4. The molecule has 2 aromatic heterocycles. The monoisotopic (exact) mass is 841 g/mol. The molecule has 24 nitrogen and oxygen atoms in total. The number of fused-ring (bicyclic) bond motifs is 1. The van der Waals surface area contributed by atoms with Crippen LogP contribution in [0.1, 0.15) is 46.3 Å². The third-order valence-corrected chi connectivity index (χ3v) is 11.3. The number of hydrogen-bond acceptors (Lipinski definition) is 18. The second kappa shape index (κ2) is 18.9. The van der Waals surface area contributed by atoms with Gasteiger partial charge in [-0.1, -0.05) is 32.5 Å². The maximum atomic E-state index is 12.6. The lowest BCUT2D eigenvalue weighted by Gasteiger charge is -2.30. The van der Waals surface area contributed by atoms with Crippen molar-refractivity contribution in [1.29, 1.82) is 0 Å². The highest BCUT2D eigenvalue weighted by molar-refractivity contribution is 8.13. The third kappa shape index (κ3) is 13.7. The maximum absolute atomic E-state index is 12.6. The number of aromatic nitrogens is 4. The Morgan fingerprint density at radius 3 is 2.40 bits per heavy atom. The van der Waals surface area contributed by atoms with Gasteiger partial charge >= 0.3 is 23.5 Å². The predicted molar refractivity (Wildman–Crippen MR) is 182 cm³/mol. The van der Waals surface area contributed by atoms with E-state index < -0.39 is 84.6 Å². The van der Waals surface area contributed by atoms with Gasteiger partial charge in [-0.2, -0.15) is 4.31 Å². The molecule has 28 heteroatoms. The van der Waals surface area contributed by atoms with E-state index in [1.54, 1.807) is 0 Å². The van der Waals surface area contributed by atoms with Crippen molar-refractivity contribution < 1.29 is 80.5 Å². The zero-order chi connectivity index (χ0) is 39.8. The predicted octanol–water partition coefficient (Wildman–Crippen LogP) is -0.535. The molecule has 0 aromatic carbocycles. The average molecular weight is 842 g/mol. The van der Waals surface area contributed by atoms with E-state index in [9.17, 15) is 57.9 Å². The lowest BCUT2D eigenvalue weighted by atomic mass is 9.87. The molecule has 3 rings (SSSR count). The molecule has 0 radical (unpaired) electrons. The number of rotatable bonds is 21. The standard InChI is InChI=1S/C25H42N7O17P3S/c1-4-5-16(34)53-9-8-27-15(33)6-7-28-23(37)20(36)25(2,3)11-46-52(43,44)49-51(41,42)45-10-14-19(48-50(38,39)40)18(35)24(47-14)32-13-31-17-21(26)29-12-30-22(17)32/h12-14,18-20,24,35-36H,4-11H2,1-3H3,(H,27,33)(H,28,37)(H,41,42)(H,43,44)(H2,26,29,30)(H2,38,39,40)/t14-,18-,19-,20+,24-/m1/s1/i1+1,4+1,5+1,16+1. The van der Waals surface area contributed by atoms with Gasteiger partial charge in [0.25, 0.3) is 0 Å². The molecule has 53 heavy (non-hydrogen) atoms. The summed E-state index contributed by atoms with van der Waals surface area (Å²) < 4.78 is 61.9. The molecule has 1 aliphatic heterocycles. The molecule has 0 bridgehead atoms. The summed E-state index contributed by atoms with van der Waals surface area (Å²) in [4.78, 5) is 86.8. The van der Waals surface area contributed by atoms with Crippen LogP contribution in [0.2, 0.25) is 0 Å². The van der Waals surface area contributed by atoms with Crippen molar-refractivity contribution >= 4 is 69.1 Å². The molecule has 0 spiro atoms. The number of phosphoric acid groups is 3. The third-order valence-electron chi connectivity index (χ3n) is 7.22. The van der Waals surface area contributed by atoms with E-state index in [1.165, 1.54) is 13.8 Å². The number of thioether (sulfide) groups is 1. The van der Waals surface area contributed by atoms with Crippen molar-refractivity contribution in [3.8, 4) is 0 Å². The second-order valence-electron chi connectivity index (χ2n) is 12.0. The molecule has 2 unspecified atom stereocenters. The molecule has 0 saturated carbocycles. The Hall–Kier alpha value is -2.44. The Bertz CT molecular complexity index is 1750. The van der Waals surface area contributed by atoms with Gasteiger partial charge in [0.05, 0.1) is 19.5 Å². The summed E-state index contributed by atoms with van der Waals surface area (Å²) >= 11 is 1.09. The molecule has 0 aliphatic carbocycles. The van der Waals surface area contributed by atoms with E-state index in [0.29, 0.717) is 12.2 Å². The molecule has 7 atom stereocenters. The SMILES string of the molecule is CC(C)(COP(=O)(O)OP(=O)(O)OC[C@H]1O[C@@H](n2cnc3c(N)ncnc32)[C@H](O)[C@@H]1OP(=O)(O)O)[C@@H](O)C(=O)NCCC(=O)NCCS[13C](=O)[13CH2][13CH2][13CH3]. The van der Waals surface area contributed by atoms with Gasteiger partial charge < -0.3 is 50.9 Å². The number of carbonyl (C=O) groups is 3. The minimum Gasteiger partial charge on any atom is -0.386 e. The molecule has 1 fully saturated rings. The van der Waals surface area contributed by atoms with Crippen molar-refractivity contribution in [1.82, 2.24) is 30.2 Å². The van der Waals surface area contributed by atoms with Crippen molar-refractivity contribution in [3.05, 3.63) is 12.7 Å². The number of nitrogens with one attached hydrogen (secondary N) is 2. The first kappa shape index (κ1) is 45.0. The van der Waals surface area contributed by atoms with Crippen LogP contribution >= 0.6 is 35.2 Å². The number of nitrogen functional groups attached to an aromatic ring is 1. The van der Waals surface area contributed by atoms with Gasteiger partial charge in [0.1, 0.15) is 36.3 Å². The van der Waals surface area contributed by atoms with E-state index in [2.05, 4.69) is 34.4 Å². The number of aliphatic hydroxyl groups excluding tert-OH is 2. The Balaban J connectivity index is 1.52. The number of nitrogens with zero attached hydrogens (tertiary/aromatic N) is 4. The van der Waals surface area contributed by atoms with Crippen LogP contribution in [0, 0.1) is 5.41 Å². The van der Waals surface area contributed by atoms with Crippen LogP contribution in [0.15, 0.2) is 12.7 Å². The number of nitrogens with two attached hydrogens (primary N) is 1. The Labute approximate surface area is 306 Å². The van der Waals surface area contributed by atoms with E-state index in [-0.39, 0.29) is 41.6 Å². The van der Waals surface area contributed by atoms with Crippen molar-refractivity contribution in [3.63, 3.8) is 0 Å². The smallest absolute Gasteiger partial charge is 0.386 e. The molecular weight excluding hydrogens is 799 g/mol. The van der Waals surface area contributed by atoms with Crippen LogP contribution in [0.25, 0.3) is 11.2 Å². The molecule has 3 heterocycles. The van der Waals surface area contributed by atoms with Crippen LogP contribution in [-0.4, -0.2) is 123 Å². The van der Waals surface area contributed by atoms with Gasteiger partial charge in [0.2, 0.25) is 11.8 Å². The van der Waals surface area contributed by atoms with Crippen LogP contribution in [0.3, 0.4) is 0 Å². The van der Waals surface area contributed by atoms with Crippen LogP contribution in [0.5, 0.6) is 0 Å². The van der Waals surface area contributed by atoms with Gasteiger partial charge in [-0.25, -0.2) is 28.6 Å². The van der Waals surface area contributed by atoms with E-state index in [4.69, 9.17) is 19.5 Å². The number of imidazole rings is 1. The van der Waals surface area contributed by atoms with Crippen molar-refractivity contribution in [2.24, 2.45) is 5.41 Å². The molecular formula is C25H42N7O17P3S. The highest BCUT2D eigenvalue weighted by Crippen LogP contribution is 2.61. The highest BCUT2D eigenvalue weighted by atomic mass is 32.2. The minimum absolute atomic E-state index is 0.0127. The highest BCUT2D eigenvalue weighted by Gasteiger charge is 2.50. The first-order chi connectivity index (χ1) is 24.6. The summed E-state index contributed by atoms with van der Waals surface area (Å²) in [7, 11) is -16.4. The number of amides is 2. The zero-order valence-corrected chi connectivity index (χ0v) is 32.0. The van der Waals surface area contributed by atoms with Crippen molar-refractivity contribution in [2.45, 2.75) is 70.7 Å². The number of anilines is 1. The first-order valence-corrected chi connectivity index (χ1v) is 21.1. The summed E-state index contributed by atoms with van der Waals surface area (Å²) in [6.45, 7) is 2.41. The van der Waals surface area contributed by atoms with E-state index in [1.807, 2.05) is 6.92 Å². The molecule has 300 valence electrons. The van der Waals surface area contributed by atoms with E-state index in [0.717, 1.165) is 35.4 Å². The minimum atomic E-state index is -5.56. The average Bonchev–Trinajstić information content (AvgIpc) is 3.61. The van der Waals surface area contributed by atoms with Crippen molar-refractivity contribution in [2.75, 3.05) is 37.8 Å². The maximum Gasteiger partial charge on any atom is 0.481 e. The van der Waals surface area contributed by atoms with Crippen LogP contribution in [-0.2, 0) is 50.7 Å². The number of hydrogen-bond donors (Lipinski definition) is 9. The molecule has 10 N–H and O–H groups in total. The zero-order valence-electron chi connectivity index (χ0n) is 28.5. The number of ether oxygens (including phenoxy) is 1. The Kier molecular flexibility index (Phi) is 16.1. The fraction of sp³-hybridized carbons (Fsp3) is 0.680. The summed E-state index contributed by atoms with van der Waals surface area (Å²) in [6, 6.07) is 0. The Morgan fingerprint density at radius 2 is 1.74 bits per heavy atom. The summed E-state index contributed by atoms with van der Waals surface area (Å²) in [5, 5.41) is 26.3. The number of phosphoric ester groups is 3. The normalized spacial score (nSPS) is 22.2. The number of carbonyl (C=O) groups excluding carboxylic acids is 3. The summed E-state index contributed by atoms with van der Waals surface area (Å²) in [6.07, 6.45) is -5.73. The molecule has 1 saturated heterocycles. The fourth-order valence-electron chi connectivity index (χ4n) is 4.57. The molecule has 2 aromatic rings. The Morgan fingerprint density at radius 1 is 1.06 bits per heavy atom. The topological polar surface area (TPSA) is 364 Å². The van der Waals surface area contributed by atoms with Gasteiger partial charge in [-0.3, -0.25) is 32.5 Å². The largest absolute Gasteiger partial charge is 0.481 e. The summed E-state index contributed by atoms with van der Waals surface area (Å²) in [5.41, 5.74) is 4.27. The lowest BCUT2D eigenvalue weighted by Crippen LogP contribution is -2.46. The van der Waals surface area contributed by atoms with Gasteiger partial charge in [-0.15, -0.1) is 0 Å². The fourth-order valence-corrected chi connectivity index (χ4v) is 8.18. The van der Waals surface area contributed by atoms with E-state index >= 15 is 0 Å². The van der Waals surface area contributed by atoms with Gasteiger partial charge in [0.15, 0.2) is 22.8 Å². The van der Waals surface area contributed by atoms with Gasteiger partial charge in [0, 0.05) is 37.1 Å². The quantitative estimate of drug-likeness (QED) is 0.0433. The lowest BCUT2D eigenvalue weighted by molar-refractivity contribution is -0.137. The molecule has 1 aliphatic rings. The summed E-state index contributed by atoms with van der Waals surface area (Å²) in [5.74, 6) is -1.06.